The normalized spacial score (nSPS) is 19.7. The smallest absolute Gasteiger partial charge is 0.219 e. The Morgan fingerprint density at radius 1 is 1.31 bits per heavy atom. The van der Waals surface area contributed by atoms with Crippen LogP contribution in [0, 0.1) is 6.92 Å². The molecular formula is C23H30N4O2. The Bertz CT molecular complexity index is 898. The number of para-hydroxylation sites is 1. The van der Waals surface area contributed by atoms with E-state index in [1.165, 1.54) is 22.4 Å². The van der Waals surface area contributed by atoms with E-state index in [-0.39, 0.29) is 11.8 Å². The predicted octanol–water partition coefficient (Wildman–Crippen LogP) is 3.08. The Balaban J connectivity index is 1.46. The number of nitrogens with zero attached hydrogens (tertiary/aromatic N) is 4. The highest BCUT2D eigenvalue weighted by molar-refractivity contribution is 5.73. The quantitative estimate of drug-likeness (QED) is 0.798. The van der Waals surface area contributed by atoms with Crippen LogP contribution in [0.15, 0.2) is 24.4 Å². The van der Waals surface area contributed by atoms with Crippen molar-refractivity contribution >= 4 is 5.91 Å². The number of hydrogen-bond donors (Lipinski definition) is 0. The van der Waals surface area contributed by atoms with Gasteiger partial charge in [-0.05, 0) is 25.3 Å². The number of aryl methyl sites for hydroxylation is 1. The Morgan fingerprint density at radius 2 is 2.17 bits per heavy atom. The van der Waals surface area contributed by atoms with Gasteiger partial charge in [-0.15, -0.1) is 0 Å². The fourth-order valence-electron chi connectivity index (χ4n) is 4.57. The van der Waals surface area contributed by atoms with Crippen molar-refractivity contribution in [2.45, 2.75) is 52.1 Å². The fraction of sp³-hybridized carbons (Fsp3) is 0.522. The molecule has 2 aliphatic heterocycles. The molecule has 0 radical (unpaired) electrons. The maximum absolute atomic E-state index is 11.7. The Morgan fingerprint density at radius 3 is 2.97 bits per heavy atom. The number of carbonyl (C=O) groups excluding carboxylic acids is 1. The molecule has 0 unspecified atom stereocenters. The predicted molar refractivity (Wildman–Crippen MR) is 112 cm³/mol. The molecule has 1 fully saturated rings. The average molecular weight is 395 g/mol. The van der Waals surface area contributed by atoms with Gasteiger partial charge in [0.25, 0.3) is 0 Å². The van der Waals surface area contributed by atoms with Crippen LogP contribution in [-0.2, 0) is 24.3 Å². The first-order valence-electron chi connectivity index (χ1n) is 10.5. The third kappa shape index (κ3) is 4.27. The van der Waals surface area contributed by atoms with Gasteiger partial charge < -0.3 is 9.64 Å². The molecule has 1 aromatic carbocycles. The third-order valence-corrected chi connectivity index (χ3v) is 6.16. The second-order valence-corrected chi connectivity index (χ2v) is 8.23. The van der Waals surface area contributed by atoms with Crippen molar-refractivity contribution in [1.82, 2.24) is 19.8 Å². The first-order valence-corrected chi connectivity index (χ1v) is 10.5. The molecule has 4 rings (SSSR count). The summed E-state index contributed by atoms with van der Waals surface area (Å²) in [6.07, 6.45) is 5.02. The summed E-state index contributed by atoms with van der Waals surface area (Å²) in [6.45, 7) is 8.03. The van der Waals surface area contributed by atoms with E-state index in [1.807, 2.05) is 11.1 Å². The van der Waals surface area contributed by atoms with Gasteiger partial charge in [-0.25, -0.2) is 9.97 Å². The van der Waals surface area contributed by atoms with Crippen LogP contribution < -0.4 is 4.74 Å². The minimum atomic E-state index is 0.148. The number of aromatic nitrogens is 2. The van der Waals surface area contributed by atoms with Gasteiger partial charge >= 0.3 is 0 Å². The van der Waals surface area contributed by atoms with Crippen LogP contribution >= 0.6 is 0 Å². The second kappa shape index (κ2) is 8.49. The summed E-state index contributed by atoms with van der Waals surface area (Å²) >= 11 is 0. The summed E-state index contributed by atoms with van der Waals surface area (Å²) in [4.78, 5) is 25.7. The van der Waals surface area contributed by atoms with Crippen molar-refractivity contribution in [1.29, 1.82) is 0 Å². The van der Waals surface area contributed by atoms with Gasteiger partial charge in [-0.2, -0.15) is 0 Å². The molecule has 6 heteroatoms. The van der Waals surface area contributed by atoms with E-state index < -0.39 is 0 Å². The number of rotatable bonds is 4. The van der Waals surface area contributed by atoms with Gasteiger partial charge in [0, 0.05) is 75.0 Å². The summed E-state index contributed by atoms with van der Waals surface area (Å²) in [5.41, 5.74) is 4.77. The van der Waals surface area contributed by atoms with Crippen LogP contribution in [0.25, 0.3) is 0 Å². The lowest BCUT2D eigenvalue weighted by Crippen LogP contribution is -2.38. The minimum absolute atomic E-state index is 0.148. The molecule has 1 amide bonds. The molecule has 0 saturated carbocycles. The maximum Gasteiger partial charge on any atom is 0.219 e. The number of carbonyl (C=O) groups is 1. The van der Waals surface area contributed by atoms with Gasteiger partial charge in [-0.3, -0.25) is 9.69 Å². The molecule has 6 nitrogen and oxygen atoms in total. The molecule has 2 aromatic rings. The highest BCUT2D eigenvalue weighted by atomic mass is 16.5. The molecule has 29 heavy (non-hydrogen) atoms. The zero-order chi connectivity index (χ0) is 20.4. The molecule has 154 valence electrons. The van der Waals surface area contributed by atoms with Gasteiger partial charge in [0.15, 0.2) is 0 Å². The van der Waals surface area contributed by atoms with Crippen molar-refractivity contribution in [3.63, 3.8) is 0 Å². The first-order chi connectivity index (χ1) is 14.0. The molecule has 0 bridgehead atoms. The number of ether oxygens (including phenoxy) is 1. The highest BCUT2D eigenvalue weighted by Gasteiger charge is 2.27. The van der Waals surface area contributed by atoms with Crippen molar-refractivity contribution in [3.05, 3.63) is 52.6 Å². The SMILES string of the molecule is COc1c(C)cccc1CN1CCc2nc([C@H]3CCCN(C(C)=O)C3)ncc2C1. The standard InChI is InChI=1S/C23H30N4O2/c1-16-6-4-7-18(22(16)29-3)13-26-11-9-21-20(14-26)12-24-23(25-21)19-8-5-10-27(15-19)17(2)28/h4,6-7,12,19H,5,8-11,13-15H2,1-3H3/t19-/m0/s1. The molecule has 1 atom stereocenters. The van der Waals surface area contributed by atoms with E-state index >= 15 is 0 Å². The van der Waals surface area contributed by atoms with Gasteiger partial charge in [0.05, 0.1) is 7.11 Å². The molecule has 2 aliphatic rings. The largest absolute Gasteiger partial charge is 0.496 e. The van der Waals surface area contributed by atoms with Gasteiger partial charge in [-0.1, -0.05) is 18.2 Å². The first kappa shape index (κ1) is 19.8. The van der Waals surface area contributed by atoms with Crippen molar-refractivity contribution in [3.8, 4) is 5.75 Å². The zero-order valence-electron chi connectivity index (χ0n) is 17.6. The Hall–Kier alpha value is -2.47. The number of amides is 1. The number of methoxy groups -OCH3 is 1. The van der Waals surface area contributed by atoms with Crippen LogP contribution in [0.4, 0.5) is 0 Å². The zero-order valence-corrected chi connectivity index (χ0v) is 17.6. The summed E-state index contributed by atoms with van der Waals surface area (Å²) in [5, 5.41) is 0. The van der Waals surface area contributed by atoms with E-state index in [2.05, 4.69) is 30.0 Å². The van der Waals surface area contributed by atoms with Crippen LogP contribution in [0.3, 0.4) is 0 Å². The Kier molecular flexibility index (Phi) is 5.81. The van der Waals surface area contributed by atoms with Gasteiger partial charge in [0.1, 0.15) is 11.6 Å². The lowest BCUT2D eigenvalue weighted by Gasteiger charge is -2.32. The molecule has 0 aliphatic carbocycles. The van der Waals surface area contributed by atoms with E-state index in [0.29, 0.717) is 0 Å². The number of hydrogen-bond acceptors (Lipinski definition) is 5. The topological polar surface area (TPSA) is 58.6 Å². The molecule has 0 spiro atoms. The average Bonchev–Trinajstić information content (AvgIpc) is 2.73. The lowest BCUT2D eigenvalue weighted by molar-refractivity contribution is -0.130. The second-order valence-electron chi connectivity index (χ2n) is 8.23. The van der Waals surface area contributed by atoms with Gasteiger partial charge in [0.2, 0.25) is 5.91 Å². The van der Waals surface area contributed by atoms with Crippen molar-refractivity contribution in [2.75, 3.05) is 26.7 Å². The van der Waals surface area contributed by atoms with Crippen LogP contribution in [0.5, 0.6) is 5.75 Å². The monoisotopic (exact) mass is 394 g/mol. The van der Waals surface area contributed by atoms with E-state index in [4.69, 9.17) is 14.7 Å². The third-order valence-electron chi connectivity index (χ3n) is 6.16. The van der Waals surface area contributed by atoms with Crippen LogP contribution in [-0.4, -0.2) is 52.4 Å². The van der Waals surface area contributed by atoms with E-state index in [9.17, 15) is 4.79 Å². The van der Waals surface area contributed by atoms with Crippen LogP contribution in [0.1, 0.15) is 53.9 Å². The number of benzene rings is 1. The maximum atomic E-state index is 11.7. The minimum Gasteiger partial charge on any atom is -0.496 e. The molecule has 3 heterocycles. The van der Waals surface area contributed by atoms with E-state index in [0.717, 1.165) is 63.6 Å². The molecular weight excluding hydrogens is 364 g/mol. The number of fused-ring (bicyclic) bond motifs is 1. The van der Waals surface area contributed by atoms with Crippen molar-refractivity contribution in [2.24, 2.45) is 0 Å². The number of piperidine rings is 1. The Labute approximate surface area is 172 Å². The number of likely N-dealkylation sites (tertiary alicyclic amines) is 1. The summed E-state index contributed by atoms with van der Waals surface area (Å²) in [7, 11) is 1.74. The highest BCUT2D eigenvalue weighted by Crippen LogP contribution is 2.28. The molecule has 1 aromatic heterocycles. The summed E-state index contributed by atoms with van der Waals surface area (Å²) < 4.78 is 5.62. The fourth-order valence-corrected chi connectivity index (χ4v) is 4.57. The molecule has 0 N–H and O–H groups in total. The van der Waals surface area contributed by atoms with Crippen LogP contribution in [0.2, 0.25) is 0 Å². The van der Waals surface area contributed by atoms with Crippen molar-refractivity contribution < 1.29 is 9.53 Å². The lowest BCUT2D eigenvalue weighted by atomic mass is 9.96. The summed E-state index contributed by atoms with van der Waals surface area (Å²) in [6, 6.07) is 6.32. The summed E-state index contributed by atoms with van der Waals surface area (Å²) in [5.74, 6) is 2.29. The van der Waals surface area contributed by atoms with E-state index in [1.54, 1.807) is 14.0 Å². The molecule has 1 saturated heterocycles.